The standard InChI is InChI=1S/C20H28FN7/c1-22-20(24-13-15-9-12-28(26-15)17-5-2-3-6-17)25-16-8-11-27(14-16)19-18(21)7-4-10-23-19/h4,7,9-10,12,16-17H,2-3,5-6,8,11,13-14H2,1H3,(H2,22,24,25). The molecule has 8 heteroatoms. The molecular formula is C20H28FN7. The third-order valence-corrected chi connectivity index (χ3v) is 5.59. The summed E-state index contributed by atoms with van der Waals surface area (Å²) in [5.74, 6) is 0.888. The number of aromatic nitrogens is 3. The van der Waals surface area contributed by atoms with E-state index in [0.29, 0.717) is 24.9 Å². The molecule has 1 aliphatic carbocycles. The van der Waals surface area contributed by atoms with E-state index in [1.54, 1.807) is 19.3 Å². The Hall–Kier alpha value is -2.64. The lowest BCUT2D eigenvalue weighted by atomic mass is 10.3. The Labute approximate surface area is 165 Å². The minimum atomic E-state index is -0.275. The quantitative estimate of drug-likeness (QED) is 0.611. The van der Waals surface area contributed by atoms with Crippen LogP contribution in [0.2, 0.25) is 0 Å². The van der Waals surface area contributed by atoms with Crippen LogP contribution in [0.1, 0.15) is 43.8 Å². The Kier molecular flexibility index (Phi) is 5.73. The molecule has 28 heavy (non-hydrogen) atoms. The van der Waals surface area contributed by atoms with Gasteiger partial charge in [0.1, 0.15) is 0 Å². The third-order valence-electron chi connectivity index (χ3n) is 5.59. The topological polar surface area (TPSA) is 70.4 Å². The van der Waals surface area contributed by atoms with Crippen LogP contribution >= 0.6 is 0 Å². The molecule has 0 aromatic carbocycles. The molecule has 1 unspecified atom stereocenters. The largest absolute Gasteiger partial charge is 0.352 e. The number of nitrogens with zero attached hydrogens (tertiary/aromatic N) is 5. The number of anilines is 1. The van der Waals surface area contributed by atoms with Gasteiger partial charge in [-0.25, -0.2) is 9.37 Å². The molecule has 0 spiro atoms. The Morgan fingerprint density at radius 3 is 2.93 bits per heavy atom. The summed E-state index contributed by atoms with van der Waals surface area (Å²) < 4.78 is 16.1. The van der Waals surface area contributed by atoms with Gasteiger partial charge in [0, 0.05) is 38.6 Å². The summed E-state index contributed by atoms with van der Waals surface area (Å²) in [6.07, 6.45) is 9.68. The van der Waals surface area contributed by atoms with E-state index < -0.39 is 0 Å². The number of guanidine groups is 1. The smallest absolute Gasteiger partial charge is 0.191 e. The average Bonchev–Trinajstić information content (AvgIpc) is 3.46. The Bertz CT molecular complexity index is 812. The maximum absolute atomic E-state index is 14.0. The summed E-state index contributed by atoms with van der Waals surface area (Å²) in [5, 5.41) is 11.5. The van der Waals surface area contributed by atoms with E-state index in [0.717, 1.165) is 24.6 Å². The van der Waals surface area contributed by atoms with Crippen LogP contribution in [0.4, 0.5) is 10.2 Å². The summed E-state index contributed by atoms with van der Waals surface area (Å²) in [6.45, 7) is 2.10. The zero-order chi connectivity index (χ0) is 19.3. The summed E-state index contributed by atoms with van der Waals surface area (Å²) in [5.41, 5.74) is 1.01. The van der Waals surface area contributed by atoms with Gasteiger partial charge in [-0.1, -0.05) is 12.8 Å². The van der Waals surface area contributed by atoms with Crippen molar-refractivity contribution in [2.45, 2.75) is 50.7 Å². The van der Waals surface area contributed by atoms with E-state index in [9.17, 15) is 4.39 Å². The van der Waals surface area contributed by atoms with Gasteiger partial charge in [0.2, 0.25) is 0 Å². The van der Waals surface area contributed by atoms with Gasteiger partial charge in [-0.05, 0) is 37.5 Å². The molecule has 0 amide bonds. The highest BCUT2D eigenvalue weighted by Gasteiger charge is 2.26. The molecule has 4 rings (SSSR count). The third kappa shape index (κ3) is 4.26. The first-order valence-electron chi connectivity index (χ1n) is 10.1. The summed E-state index contributed by atoms with van der Waals surface area (Å²) in [7, 11) is 1.76. The number of rotatable bonds is 5. The first-order chi connectivity index (χ1) is 13.7. The minimum absolute atomic E-state index is 0.198. The summed E-state index contributed by atoms with van der Waals surface area (Å²) in [6, 6.07) is 5.89. The van der Waals surface area contributed by atoms with Crippen LogP contribution in [0.5, 0.6) is 0 Å². The number of aliphatic imine (C=N–C) groups is 1. The lowest BCUT2D eigenvalue weighted by Crippen LogP contribution is -2.44. The number of pyridine rings is 1. The predicted octanol–water partition coefficient (Wildman–Crippen LogP) is 2.48. The van der Waals surface area contributed by atoms with Crippen LogP contribution in [-0.4, -0.2) is 46.9 Å². The zero-order valence-corrected chi connectivity index (χ0v) is 16.3. The maximum Gasteiger partial charge on any atom is 0.191 e. The Morgan fingerprint density at radius 2 is 2.14 bits per heavy atom. The molecule has 0 radical (unpaired) electrons. The summed E-state index contributed by atoms with van der Waals surface area (Å²) >= 11 is 0. The Morgan fingerprint density at radius 1 is 1.29 bits per heavy atom. The van der Waals surface area contributed by atoms with Gasteiger partial charge in [0.25, 0.3) is 0 Å². The van der Waals surface area contributed by atoms with Crippen molar-refractivity contribution < 1.29 is 4.39 Å². The second-order valence-electron chi connectivity index (χ2n) is 7.54. The SMILES string of the molecule is CN=C(NCc1ccn(C2CCCC2)n1)NC1CCN(c2ncccc2F)C1. The van der Waals surface area contributed by atoms with E-state index in [1.165, 1.54) is 31.7 Å². The number of hydrogen-bond acceptors (Lipinski definition) is 4. The molecule has 2 aromatic heterocycles. The predicted molar refractivity (Wildman–Crippen MR) is 108 cm³/mol. The van der Waals surface area contributed by atoms with E-state index >= 15 is 0 Å². The first-order valence-corrected chi connectivity index (χ1v) is 10.1. The summed E-state index contributed by atoms with van der Waals surface area (Å²) in [4.78, 5) is 10.5. The molecule has 1 saturated heterocycles. The first kappa shape index (κ1) is 18.7. The molecule has 2 fully saturated rings. The van der Waals surface area contributed by atoms with Gasteiger partial charge in [0.15, 0.2) is 17.6 Å². The molecule has 1 saturated carbocycles. The van der Waals surface area contributed by atoms with E-state index in [-0.39, 0.29) is 11.9 Å². The fourth-order valence-corrected chi connectivity index (χ4v) is 4.09. The second kappa shape index (κ2) is 8.58. The highest BCUT2D eigenvalue weighted by Crippen LogP contribution is 2.28. The van der Waals surface area contributed by atoms with E-state index in [4.69, 9.17) is 5.10 Å². The molecule has 1 aliphatic heterocycles. The van der Waals surface area contributed by atoms with Gasteiger partial charge in [-0.15, -0.1) is 0 Å². The van der Waals surface area contributed by atoms with Crippen LogP contribution < -0.4 is 15.5 Å². The van der Waals surface area contributed by atoms with Gasteiger partial charge in [-0.3, -0.25) is 9.67 Å². The van der Waals surface area contributed by atoms with Gasteiger partial charge >= 0.3 is 0 Å². The van der Waals surface area contributed by atoms with Crippen molar-refractivity contribution in [3.05, 3.63) is 42.1 Å². The molecule has 1 atom stereocenters. The molecule has 2 aromatic rings. The second-order valence-corrected chi connectivity index (χ2v) is 7.54. The molecule has 3 heterocycles. The van der Waals surface area contributed by atoms with Gasteiger partial charge in [-0.2, -0.15) is 5.10 Å². The van der Waals surface area contributed by atoms with Crippen LogP contribution in [-0.2, 0) is 6.54 Å². The molecule has 150 valence electrons. The monoisotopic (exact) mass is 385 g/mol. The highest BCUT2D eigenvalue weighted by atomic mass is 19.1. The molecule has 2 aliphatic rings. The normalized spacial score (nSPS) is 20.7. The van der Waals surface area contributed by atoms with Gasteiger partial charge < -0.3 is 15.5 Å². The average molecular weight is 385 g/mol. The van der Waals surface area contributed by atoms with Crippen LogP contribution in [0.25, 0.3) is 0 Å². The van der Waals surface area contributed by atoms with Gasteiger partial charge in [0.05, 0.1) is 18.3 Å². The molecule has 0 bridgehead atoms. The number of nitrogens with one attached hydrogen (secondary N) is 2. The lowest BCUT2D eigenvalue weighted by molar-refractivity contribution is 0.462. The Balaban J connectivity index is 1.28. The maximum atomic E-state index is 14.0. The van der Waals surface area contributed by atoms with Crippen molar-refractivity contribution in [1.82, 2.24) is 25.4 Å². The van der Waals surface area contributed by atoms with E-state index in [1.807, 2.05) is 4.90 Å². The molecule has 7 nitrogen and oxygen atoms in total. The number of halogens is 1. The highest BCUT2D eigenvalue weighted by molar-refractivity contribution is 5.80. The van der Waals surface area contributed by atoms with E-state index in [2.05, 4.69) is 37.6 Å². The van der Waals surface area contributed by atoms with Crippen molar-refractivity contribution in [3.63, 3.8) is 0 Å². The molecular weight excluding hydrogens is 357 g/mol. The number of hydrogen-bond donors (Lipinski definition) is 2. The van der Waals surface area contributed by atoms with Crippen molar-refractivity contribution in [2.24, 2.45) is 4.99 Å². The minimum Gasteiger partial charge on any atom is -0.352 e. The fraction of sp³-hybridized carbons (Fsp3) is 0.550. The van der Waals surface area contributed by atoms with Crippen molar-refractivity contribution in [3.8, 4) is 0 Å². The fourth-order valence-electron chi connectivity index (χ4n) is 4.09. The van der Waals surface area contributed by atoms with Crippen LogP contribution in [0.15, 0.2) is 35.6 Å². The zero-order valence-electron chi connectivity index (χ0n) is 16.3. The van der Waals surface area contributed by atoms with Crippen molar-refractivity contribution in [2.75, 3.05) is 25.0 Å². The van der Waals surface area contributed by atoms with Crippen molar-refractivity contribution in [1.29, 1.82) is 0 Å². The van der Waals surface area contributed by atoms with Crippen LogP contribution in [0, 0.1) is 5.82 Å². The van der Waals surface area contributed by atoms with Crippen LogP contribution in [0.3, 0.4) is 0 Å². The lowest BCUT2D eigenvalue weighted by Gasteiger charge is -2.19. The van der Waals surface area contributed by atoms with Crippen molar-refractivity contribution >= 4 is 11.8 Å². The molecule has 2 N–H and O–H groups in total.